The van der Waals surface area contributed by atoms with Crippen molar-refractivity contribution in [2.75, 3.05) is 0 Å². The van der Waals surface area contributed by atoms with Crippen molar-refractivity contribution in [3.63, 3.8) is 0 Å². The van der Waals surface area contributed by atoms with Crippen molar-refractivity contribution in [2.24, 2.45) is 5.92 Å². The molecule has 1 saturated carbocycles. The summed E-state index contributed by atoms with van der Waals surface area (Å²) in [5, 5.41) is 14.0. The van der Waals surface area contributed by atoms with Gasteiger partial charge in [-0.15, -0.1) is 0 Å². The first-order valence-corrected chi connectivity index (χ1v) is 7.80. The second kappa shape index (κ2) is 6.08. The molecule has 2 aromatic carbocycles. The lowest BCUT2D eigenvalue weighted by atomic mass is 9.81. The van der Waals surface area contributed by atoms with E-state index in [1.165, 1.54) is 18.4 Å². The number of rotatable bonds is 4. The smallest absolute Gasteiger partial charge is 0.115 e. The number of benzene rings is 2. The molecule has 0 aromatic heterocycles. The molecular weight excluding hydrogens is 282 g/mol. The van der Waals surface area contributed by atoms with Gasteiger partial charge in [-0.05, 0) is 54.2 Å². The molecule has 21 heavy (non-hydrogen) atoms. The van der Waals surface area contributed by atoms with Crippen molar-refractivity contribution >= 4 is 11.6 Å². The zero-order valence-electron chi connectivity index (χ0n) is 12.1. The molecule has 0 radical (unpaired) electrons. The summed E-state index contributed by atoms with van der Waals surface area (Å²) >= 11 is 5.99. The zero-order chi connectivity index (χ0) is 14.8. The van der Waals surface area contributed by atoms with E-state index >= 15 is 0 Å². The Kier molecular flexibility index (Phi) is 4.18. The van der Waals surface area contributed by atoms with Crippen LogP contribution < -0.4 is 5.32 Å². The van der Waals surface area contributed by atoms with Gasteiger partial charge in [0.15, 0.2) is 0 Å². The number of halogens is 1. The number of hydrogen-bond donors (Lipinski definition) is 2. The summed E-state index contributed by atoms with van der Waals surface area (Å²) < 4.78 is 0. The van der Waals surface area contributed by atoms with Crippen LogP contribution in [0.2, 0.25) is 5.02 Å². The fraction of sp³-hybridized carbons (Fsp3) is 0.333. The fourth-order valence-electron chi connectivity index (χ4n) is 2.98. The molecule has 0 bridgehead atoms. The van der Waals surface area contributed by atoms with E-state index in [2.05, 4.69) is 24.4 Å². The minimum atomic E-state index is 0.139. The minimum Gasteiger partial charge on any atom is -0.508 e. The summed E-state index contributed by atoms with van der Waals surface area (Å²) in [6.45, 7) is 2.29. The van der Waals surface area contributed by atoms with Gasteiger partial charge in [0, 0.05) is 11.1 Å². The van der Waals surface area contributed by atoms with E-state index < -0.39 is 0 Å². The third kappa shape index (κ3) is 3.39. The third-order valence-corrected chi connectivity index (χ3v) is 4.46. The maximum absolute atomic E-state index is 9.48. The molecule has 0 amide bonds. The SMILES string of the molecule is CC1CC(NC(c2ccc(O)cc2)c2ccc(Cl)cc2)C1. The normalized spacial score (nSPS) is 22.6. The van der Waals surface area contributed by atoms with E-state index in [1.807, 2.05) is 24.3 Å². The Morgan fingerprint density at radius 3 is 2.05 bits per heavy atom. The minimum absolute atomic E-state index is 0.139. The lowest BCUT2D eigenvalue weighted by Gasteiger charge is -2.37. The van der Waals surface area contributed by atoms with Crippen LogP contribution >= 0.6 is 11.6 Å². The number of hydrogen-bond acceptors (Lipinski definition) is 2. The topological polar surface area (TPSA) is 32.3 Å². The van der Waals surface area contributed by atoms with Gasteiger partial charge in [0.2, 0.25) is 0 Å². The molecule has 0 heterocycles. The number of nitrogens with one attached hydrogen (secondary N) is 1. The summed E-state index contributed by atoms with van der Waals surface area (Å²) in [6.07, 6.45) is 2.45. The molecule has 3 heteroatoms. The largest absolute Gasteiger partial charge is 0.508 e. The molecule has 0 aliphatic heterocycles. The average molecular weight is 302 g/mol. The Labute approximate surface area is 130 Å². The highest BCUT2D eigenvalue weighted by atomic mass is 35.5. The molecule has 2 aromatic rings. The van der Waals surface area contributed by atoms with Gasteiger partial charge in [0.05, 0.1) is 6.04 Å². The van der Waals surface area contributed by atoms with Gasteiger partial charge < -0.3 is 10.4 Å². The summed E-state index contributed by atoms with van der Waals surface area (Å²) in [4.78, 5) is 0. The van der Waals surface area contributed by atoms with Crippen LogP contribution in [0, 0.1) is 5.92 Å². The second-order valence-electron chi connectivity index (χ2n) is 6.02. The van der Waals surface area contributed by atoms with Gasteiger partial charge in [-0.25, -0.2) is 0 Å². The average Bonchev–Trinajstić information content (AvgIpc) is 2.45. The molecule has 1 aliphatic carbocycles. The summed E-state index contributed by atoms with van der Waals surface area (Å²) in [5.41, 5.74) is 2.36. The highest BCUT2D eigenvalue weighted by Gasteiger charge is 2.28. The van der Waals surface area contributed by atoms with Gasteiger partial charge in [0.25, 0.3) is 0 Å². The standard InChI is InChI=1S/C18H20ClNO/c1-12-10-16(11-12)20-18(13-2-6-15(19)7-3-13)14-4-8-17(21)9-5-14/h2-9,12,16,18,20-21H,10-11H2,1H3. The van der Waals surface area contributed by atoms with E-state index in [9.17, 15) is 5.11 Å². The van der Waals surface area contributed by atoms with Crippen molar-refractivity contribution < 1.29 is 5.11 Å². The highest BCUT2D eigenvalue weighted by Crippen LogP contribution is 2.32. The van der Waals surface area contributed by atoms with Crippen LogP contribution in [0.3, 0.4) is 0 Å². The van der Waals surface area contributed by atoms with Crippen molar-refractivity contribution in [1.29, 1.82) is 0 Å². The van der Waals surface area contributed by atoms with Crippen molar-refractivity contribution in [3.05, 3.63) is 64.7 Å². The Morgan fingerprint density at radius 2 is 1.52 bits per heavy atom. The Bertz CT molecular complexity index is 542. The van der Waals surface area contributed by atoms with Crippen LogP contribution in [0.1, 0.15) is 36.9 Å². The van der Waals surface area contributed by atoms with E-state index in [0.29, 0.717) is 11.8 Å². The molecule has 110 valence electrons. The van der Waals surface area contributed by atoms with Gasteiger partial charge in [0.1, 0.15) is 5.75 Å². The summed E-state index contributed by atoms with van der Waals surface area (Å²) in [7, 11) is 0. The van der Waals surface area contributed by atoms with E-state index in [0.717, 1.165) is 16.5 Å². The molecule has 1 atom stereocenters. The number of phenolic OH excluding ortho intramolecular Hbond substituents is 1. The Hall–Kier alpha value is -1.51. The van der Waals surface area contributed by atoms with E-state index in [1.54, 1.807) is 12.1 Å². The van der Waals surface area contributed by atoms with Crippen LogP contribution in [0.15, 0.2) is 48.5 Å². The first-order valence-electron chi connectivity index (χ1n) is 7.42. The first kappa shape index (κ1) is 14.4. The van der Waals surface area contributed by atoms with Crippen LogP contribution in [0.5, 0.6) is 5.75 Å². The zero-order valence-corrected chi connectivity index (χ0v) is 12.8. The monoisotopic (exact) mass is 301 g/mol. The van der Waals surface area contributed by atoms with Gasteiger partial charge in [-0.3, -0.25) is 0 Å². The maximum atomic E-state index is 9.48. The molecule has 2 N–H and O–H groups in total. The first-order chi connectivity index (χ1) is 10.1. The van der Waals surface area contributed by atoms with E-state index in [-0.39, 0.29) is 6.04 Å². The molecule has 1 fully saturated rings. The highest BCUT2D eigenvalue weighted by molar-refractivity contribution is 6.30. The molecule has 0 saturated heterocycles. The van der Waals surface area contributed by atoms with E-state index in [4.69, 9.17) is 11.6 Å². The van der Waals surface area contributed by atoms with Crippen LogP contribution in [-0.2, 0) is 0 Å². The predicted molar refractivity (Wildman–Crippen MR) is 86.7 cm³/mol. The van der Waals surface area contributed by atoms with Crippen molar-refractivity contribution in [2.45, 2.75) is 31.8 Å². The Morgan fingerprint density at radius 1 is 1.00 bits per heavy atom. The molecule has 1 aliphatic rings. The predicted octanol–water partition coefficient (Wildman–Crippen LogP) is 4.52. The third-order valence-electron chi connectivity index (χ3n) is 4.21. The number of aromatic hydroxyl groups is 1. The summed E-state index contributed by atoms with van der Waals surface area (Å²) in [5.74, 6) is 1.11. The quantitative estimate of drug-likeness (QED) is 0.870. The molecule has 1 unspecified atom stereocenters. The molecular formula is C18H20ClNO. The van der Waals surface area contributed by atoms with Gasteiger partial charge >= 0.3 is 0 Å². The van der Waals surface area contributed by atoms with Crippen LogP contribution in [-0.4, -0.2) is 11.1 Å². The van der Waals surface area contributed by atoms with Gasteiger partial charge in [-0.1, -0.05) is 42.8 Å². The van der Waals surface area contributed by atoms with Gasteiger partial charge in [-0.2, -0.15) is 0 Å². The molecule has 2 nitrogen and oxygen atoms in total. The Balaban J connectivity index is 1.86. The number of phenols is 1. The van der Waals surface area contributed by atoms with Crippen molar-refractivity contribution in [3.8, 4) is 5.75 Å². The van der Waals surface area contributed by atoms with Crippen LogP contribution in [0.25, 0.3) is 0 Å². The second-order valence-corrected chi connectivity index (χ2v) is 6.45. The van der Waals surface area contributed by atoms with Crippen LogP contribution in [0.4, 0.5) is 0 Å². The molecule has 0 spiro atoms. The molecule has 3 rings (SSSR count). The maximum Gasteiger partial charge on any atom is 0.115 e. The lowest BCUT2D eigenvalue weighted by molar-refractivity contribution is 0.230. The summed E-state index contributed by atoms with van der Waals surface area (Å²) in [6, 6.07) is 16.1. The van der Waals surface area contributed by atoms with Crippen molar-refractivity contribution in [1.82, 2.24) is 5.32 Å². The lowest BCUT2D eigenvalue weighted by Crippen LogP contribution is -2.42. The fourth-order valence-corrected chi connectivity index (χ4v) is 3.11.